The first-order valence-corrected chi connectivity index (χ1v) is 6.23. The van der Waals surface area contributed by atoms with Crippen LogP contribution in [0, 0.1) is 3.57 Å². The Balaban J connectivity index is 2.60. The third kappa shape index (κ3) is 3.59. The van der Waals surface area contributed by atoms with Crippen molar-refractivity contribution in [2.24, 2.45) is 0 Å². The molecule has 0 amide bonds. The molecule has 3 radical (unpaired) electrons. The Hall–Kier alpha value is -0.0731. The zero-order valence-electron chi connectivity index (χ0n) is 7.79. The number of aliphatic hydroxyl groups is 1. The summed E-state index contributed by atoms with van der Waals surface area (Å²) >= 11 is 2.20. The van der Waals surface area contributed by atoms with Crippen molar-refractivity contribution >= 4 is 32.8 Å². The van der Waals surface area contributed by atoms with Crippen molar-refractivity contribution in [1.82, 2.24) is 0 Å². The number of benzene rings is 1. The smallest absolute Gasteiger partial charge is 0.119 e. The highest BCUT2D eigenvalue weighted by atomic mass is 127. The molecule has 0 aliphatic carbocycles. The fourth-order valence-corrected chi connectivity index (χ4v) is 1.67. The SMILES string of the molecule is OCc1cc(OCCC[Si])ccc1I. The lowest BCUT2D eigenvalue weighted by molar-refractivity contribution is 0.278. The fourth-order valence-electron chi connectivity index (χ4n) is 1.02. The minimum absolute atomic E-state index is 0.0631. The van der Waals surface area contributed by atoms with Gasteiger partial charge in [-0.15, -0.1) is 0 Å². The summed E-state index contributed by atoms with van der Waals surface area (Å²) in [6.45, 7) is 0.766. The molecule has 0 saturated heterocycles. The number of halogens is 1. The number of hydrogen-bond donors (Lipinski definition) is 1. The minimum Gasteiger partial charge on any atom is -0.494 e. The van der Waals surface area contributed by atoms with E-state index < -0.39 is 0 Å². The van der Waals surface area contributed by atoms with E-state index in [-0.39, 0.29) is 6.61 Å². The standard InChI is InChI=1S/C10H12IO2Si/c11-10-3-2-9(6-8(10)7-12)13-4-1-5-14/h2-3,6,12H,1,4-5,7H2. The molecule has 0 heterocycles. The first-order chi connectivity index (χ1) is 6.77. The average Bonchev–Trinajstić information content (AvgIpc) is 2.21. The molecule has 2 nitrogen and oxygen atoms in total. The zero-order valence-corrected chi connectivity index (χ0v) is 11.0. The van der Waals surface area contributed by atoms with Crippen LogP contribution in [0.25, 0.3) is 0 Å². The average molecular weight is 319 g/mol. The van der Waals surface area contributed by atoms with Crippen LogP contribution in [0.5, 0.6) is 5.75 Å². The highest BCUT2D eigenvalue weighted by Gasteiger charge is 2.00. The molecule has 0 aliphatic rings. The zero-order chi connectivity index (χ0) is 10.4. The molecule has 4 heteroatoms. The quantitative estimate of drug-likeness (QED) is 0.512. The second-order valence-electron chi connectivity index (χ2n) is 2.86. The van der Waals surface area contributed by atoms with E-state index in [2.05, 4.69) is 32.8 Å². The maximum absolute atomic E-state index is 9.05. The topological polar surface area (TPSA) is 29.5 Å². The molecule has 1 aromatic carbocycles. The third-order valence-electron chi connectivity index (χ3n) is 1.78. The molecule has 0 aliphatic heterocycles. The van der Waals surface area contributed by atoms with E-state index in [0.717, 1.165) is 27.3 Å². The molecule has 75 valence electrons. The molecule has 14 heavy (non-hydrogen) atoms. The first-order valence-electron chi connectivity index (χ1n) is 4.44. The van der Waals surface area contributed by atoms with Gasteiger partial charge in [0.1, 0.15) is 5.75 Å². The van der Waals surface area contributed by atoms with Gasteiger partial charge >= 0.3 is 0 Å². The monoisotopic (exact) mass is 319 g/mol. The molecule has 1 rings (SSSR count). The van der Waals surface area contributed by atoms with Gasteiger partial charge in [-0.2, -0.15) is 0 Å². The van der Waals surface area contributed by atoms with Crippen LogP contribution in [0.4, 0.5) is 0 Å². The highest BCUT2D eigenvalue weighted by molar-refractivity contribution is 14.1. The van der Waals surface area contributed by atoms with Crippen molar-refractivity contribution in [3.05, 3.63) is 27.3 Å². The predicted octanol–water partition coefficient (Wildman–Crippen LogP) is 2.14. The van der Waals surface area contributed by atoms with Crippen LogP contribution in [0.2, 0.25) is 6.04 Å². The minimum atomic E-state index is 0.0631. The Morgan fingerprint density at radius 3 is 2.86 bits per heavy atom. The summed E-state index contributed by atoms with van der Waals surface area (Å²) in [4.78, 5) is 0. The van der Waals surface area contributed by atoms with Gasteiger partial charge in [0.05, 0.1) is 13.2 Å². The van der Waals surface area contributed by atoms with Gasteiger partial charge in [-0.3, -0.25) is 0 Å². The molecule has 0 spiro atoms. The van der Waals surface area contributed by atoms with Gasteiger partial charge in [0, 0.05) is 13.8 Å². The van der Waals surface area contributed by atoms with Crippen LogP contribution in [0.1, 0.15) is 12.0 Å². The van der Waals surface area contributed by atoms with Crippen LogP contribution < -0.4 is 4.74 Å². The maximum atomic E-state index is 9.05. The van der Waals surface area contributed by atoms with Crippen LogP contribution in [-0.4, -0.2) is 22.0 Å². The second kappa shape index (κ2) is 6.42. The van der Waals surface area contributed by atoms with Gasteiger partial charge < -0.3 is 9.84 Å². The Morgan fingerprint density at radius 2 is 2.21 bits per heavy atom. The maximum Gasteiger partial charge on any atom is 0.119 e. The Labute approximate surface area is 101 Å². The van der Waals surface area contributed by atoms with E-state index in [9.17, 15) is 0 Å². The van der Waals surface area contributed by atoms with E-state index in [1.165, 1.54) is 0 Å². The lowest BCUT2D eigenvalue weighted by atomic mass is 10.2. The molecular weight excluding hydrogens is 307 g/mol. The molecule has 0 aromatic heterocycles. The number of ether oxygens (including phenoxy) is 1. The molecular formula is C10H12IO2Si. The Morgan fingerprint density at radius 1 is 1.43 bits per heavy atom. The highest BCUT2D eigenvalue weighted by Crippen LogP contribution is 2.19. The first kappa shape index (κ1) is 12.0. The van der Waals surface area contributed by atoms with Crippen LogP contribution in [-0.2, 0) is 6.61 Å². The lowest BCUT2D eigenvalue weighted by Gasteiger charge is -2.07. The summed E-state index contributed by atoms with van der Waals surface area (Å²) in [5.41, 5.74) is 0.918. The van der Waals surface area contributed by atoms with Crippen molar-refractivity contribution in [2.75, 3.05) is 6.61 Å². The Bertz CT molecular complexity index is 291. The van der Waals surface area contributed by atoms with Gasteiger partial charge in [-0.1, -0.05) is 6.04 Å². The lowest BCUT2D eigenvalue weighted by Crippen LogP contribution is -1.98. The number of aliphatic hydroxyl groups excluding tert-OH is 1. The van der Waals surface area contributed by atoms with Gasteiger partial charge in [-0.25, -0.2) is 0 Å². The summed E-state index contributed by atoms with van der Waals surface area (Å²) in [7, 11) is 3.39. The number of rotatable bonds is 5. The van der Waals surface area contributed by atoms with Crippen molar-refractivity contribution in [2.45, 2.75) is 19.1 Å². The molecule has 1 aromatic rings. The summed E-state index contributed by atoms with van der Waals surface area (Å²) in [5, 5.41) is 9.05. The van der Waals surface area contributed by atoms with Crippen molar-refractivity contribution in [1.29, 1.82) is 0 Å². The van der Waals surface area contributed by atoms with Gasteiger partial charge in [0.2, 0.25) is 0 Å². The van der Waals surface area contributed by atoms with Gasteiger partial charge in [-0.05, 0) is 52.8 Å². The van der Waals surface area contributed by atoms with E-state index in [1.54, 1.807) is 0 Å². The van der Waals surface area contributed by atoms with Gasteiger partial charge in [0.15, 0.2) is 0 Å². The fraction of sp³-hybridized carbons (Fsp3) is 0.400. The predicted molar refractivity (Wildman–Crippen MR) is 65.8 cm³/mol. The van der Waals surface area contributed by atoms with E-state index >= 15 is 0 Å². The van der Waals surface area contributed by atoms with E-state index in [0.29, 0.717) is 6.61 Å². The van der Waals surface area contributed by atoms with E-state index in [4.69, 9.17) is 9.84 Å². The van der Waals surface area contributed by atoms with Crippen molar-refractivity contribution in [3.63, 3.8) is 0 Å². The largest absolute Gasteiger partial charge is 0.494 e. The second-order valence-corrected chi connectivity index (χ2v) is 4.53. The van der Waals surface area contributed by atoms with Crippen molar-refractivity contribution < 1.29 is 9.84 Å². The molecule has 0 atom stereocenters. The molecule has 1 N–H and O–H groups in total. The summed E-state index contributed by atoms with van der Waals surface area (Å²) in [5.74, 6) is 0.828. The molecule has 0 saturated carbocycles. The molecule has 0 unspecified atom stereocenters. The molecule has 0 fully saturated rings. The van der Waals surface area contributed by atoms with E-state index in [1.807, 2.05) is 18.2 Å². The van der Waals surface area contributed by atoms with Crippen molar-refractivity contribution in [3.8, 4) is 5.75 Å². The summed E-state index contributed by atoms with van der Waals surface area (Å²) < 4.78 is 6.57. The van der Waals surface area contributed by atoms with Crippen LogP contribution >= 0.6 is 22.6 Å². The number of hydrogen-bond acceptors (Lipinski definition) is 2. The summed E-state index contributed by atoms with van der Waals surface area (Å²) in [6.07, 6.45) is 0.983. The Kier molecular flexibility index (Phi) is 5.50. The normalized spacial score (nSPS) is 10.2. The van der Waals surface area contributed by atoms with Gasteiger partial charge in [0.25, 0.3) is 0 Å². The molecule has 0 bridgehead atoms. The third-order valence-corrected chi connectivity index (χ3v) is 3.18. The van der Waals surface area contributed by atoms with Crippen LogP contribution in [0.15, 0.2) is 18.2 Å². The summed E-state index contributed by atoms with van der Waals surface area (Å²) in [6, 6.07) is 6.70. The van der Waals surface area contributed by atoms with Crippen LogP contribution in [0.3, 0.4) is 0 Å².